The zero-order valence-electron chi connectivity index (χ0n) is 12.3. The van der Waals surface area contributed by atoms with Crippen molar-refractivity contribution in [3.8, 4) is 0 Å². The highest BCUT2D eigenvalue weighted by atomic mass is 16.5. The van der Waals surface area contributed by atoms with Crippen molar-refractivity contribution in [2.24, 2.45) is 0 Å². The van der Waals surface area contributed by atoms with Crippen molar-refractivity contribution in [2.75, 3.05) is 26.4 Å². The summed E-state index contributed by atoms with van der Waals surface area (Å²) in [6, 6.07) is 8.25. The van der Waals surface area contributed by atoms with Crippen molar-refractivity contribution in [3.63, 3.8) is 0 Å². The summed E-state index contributed by atoms with van der Waals surface area (Å²) in [5, 5.41) is 13.7. The van der Waals surface area contributed by atoms with Crippen LogP contribution in [0.3, 0.4) is 0 Å². The van der Waals surface area contributed by atoms with Crippen LogP contribution in [0.25, 0.3) is 0 Å². The third kappa shape index (κ3) is 4.28. The fourth-order valence-electron chi connectivity index (χ4n) is 2.58. The van der Waals surface area contributed by atoms with E-state index in [2.05, 4.69) is 5.32 Å². The largest absolute Gasteiger partial charge is 0.387 e. The third-order valence-corrected chi connectivity index (χ3v) is 3.69. The van der Waals surface area contributed by atoms with Crippen LogP contribution in [-0.4, -0.2) is 43.6 Å². The summed E-state index contributed by atoms with van der Waals surface area (Å²) in [7, 11) is 0. The van der Waals surface area contributed by atoms with E-state index in [-0.39, 0.29) is 12.1 Å². The summed E-state index contributed by atoms with van der Waals surface area (Å²) >= 11 is 0. The van der Waals surface area contributed by atoms with E-state index < -0.39 is 6.10 Å². The second kappa shape index (κ2) is 7.74. The summed E-state index contributed by atoms with van der Waals surface area (Å²) in [6.45, 7) is 6.64. The molecule has 4 heteroatoms. The Morgan fingerprint density at radius 1 is 1.50 bits per heavy atom. The molecule has 1 aliphatic heterocycles. The van der Waals surface area contributed by atoms with E-state index in [0.717, 1.165) is 18.6 Å². The Hall–Kier alpha value is -0.940. The fraction of sp³-hybridized carbons (Fsp3) is 0.625. The summed E-state index contributed by atoms with van der Waals surface area (Å²) in [4.78, 5) is 0. The van der Waals surface area contributed by atoms with Gasteiger partial charge in [-0.1, -0.05) is 29.8 Å². The monoisotopic (exact) mass is 279 g/mol. The first-order valence-electron chi connectivity index (χ1n) is 7.38. The first-order chi connectivity index (χ1) is 9.70. The van der Waals surface area contributed by atoms with Crippen molar-refractivity contribution in [3.05, 3.63) is 35.4 Å². The minimum absolute atomic E-state index is 0.0819. The molecular weight excluding hydrogens is 254 g/mol. The van der Waals surface area contributed by atoms with Crippen LogP contribution in [0.2, 0.25) is 0 Å². The lowest BCUT2D eigenvalue weighted by Gasteiger charge is -2.32. The van der Waals surface area contributed by atoms with E-state index in [1.165, 1.54) is 5.56 Å². The zero-order valence-corrected chi connectivity index (χ0v) is 12.3. The van der Waals surface area contributed by atoms with Crippen LogP contribution in [0.4, 0.5) is 0 Å². The zero-order chi connectivity index (χ0) is 14.4. The van der Waals surface area contributed by atoms with Crippen LogP contribution >= 0.6 is 0 Å². The first-order valence-corrected chi connectivity index (χ1v) is 7.38. The maximum absolute atomic E-state index is 10.3. The SMILES string of the molecule is CCOC1COCCC1NCC(O)c1cccc(C)c1. The van der Waals surface area contributed by atoms with Crippen molar-refractivity contribution >= 4 is 0 Å². The molecule has 1 fully saturated rings. The van der Waals surface area contributed by atoms with E-state index in [1.54, 1.807) is 0 Å². The van der Waals surface area contributed by atoms with Gasteiger partial charge >= 0.3 is 0 Å². The average Bonchev–Trinajstić information content (AvgIpc) is 2.46. The highest BCUT2D eigenvalue weighted by Crippen LogP contribution is 2.16. The lowest BCUT2D eigenvalue weighted by molar-refractivity contribution is -0.0667. The molecule has 4 nitrogen and oxygen atoms in total. The number of aliphatic hydroxyl groups is 1. The van der Waals surface area contributed by atoms with Gasteiger partial charge in [0.15, 0.2) is 0 Å². The molecule has 0 bridgehead atoms. The van der Waals surface area contributed by atoms with E-state index >= 15 is 0 Å². The Morgan fingerprint density at radius 3 is 3.10 bits per heavy atom. The molecule has 2 N–H and O–H groups in total. The van der Waals surface area contributed by atoms with E-state index in [0.29, 0.717) is 19.8 Å². The van der Waals surface area contributed by atoms with Crippen molar-refractivity contribution < 1.29 is 14.6 Å². The van der Waals surface area contributed by atoms with Crippen LogP contribution in [0, 0.1) is 6.92 Å². The molecule has 1 aromatic rings. The molecule has 1 aromatic carbocycles. The number of hydrogen-bond acceptors (Lipinski definition) is 4. The van der Waals surface area contributed by atoms with Crippen LogP contribution in [-0.2, 0) is 9.47 Å². The molecule has 1 saturated heterocycles. The van der Waals surface area contributed by atoms with Gasteiger partial charge in [0, 0.05) is 25.8 Å². The van der Waals surface area contributed by atoms with Crippen LogP contribution in [0.5, 0.6) is 0 Å². The predicted molar refractivity (Wildman–Crippen MR) is 78.8 cm³/mol. The highest BCUT2D eigenvalue weighted by Gasteiger charge is 2.26. The van der Waals surface area contributed by atoms with Gasteiger partial charge in [0.05, 0.1) is 18.8 Å². The van der Waals surface area contributed by atoms with E-state index in [1.807, 2.05) is 38.1 Å². The molecule has 0 aliphatic carbocycles. The normalized spacial score (nSPS) is 24.6. The number of benzene rings is 1. The standard InChI is InChI=1S/C16H25NO3/c1-3-20-16-11-19-8-7-14(16)17-10-15(18)13-6-4-5-12(2)9-13/h4-6,9,14-18H,3,7-8,10-11H2,1-2H3. The van der Waals surface area contributed by atoms with Gasteiger partial charge in [-0.3, -0.25) is 0 Å². The Bertz CT molecular complexity index is 408. The molecule has 0 aromatic heterocycles. The van der Waals surface area contributed by atoms with E-state index in [4.69, 9.17) is 9.47 Å². The molecule has 0 radical (unpaired) electrons. The smallest absolute Gasteiger partial charge is 0.0961 e. The van der Waals surface area contributed by atoms with Gasteiger partial charge in [0.2, 0.25) is 0 Å². The van der Waals surface area contributed by atoms with Crippen molar-refractivity contribution in [2.45, 2.75) is 38.5 Å². The number of aliphatic hydroxyl groups excluding tert-OH is 1. The molecule has 1 heterocycles. The summed E-state index contributed by atoms with van der Waals surface area (Å²) < 4.78 is 11.1. The van der Waals surface area contributed by atoms with Crippen molar-refractivity contribution in [1.29, 1.82) is 0 Å². The Kier molecular flexibility index (Phi) is 5.98. The minimum Gasteiger partial charge on any atom is -0.387 e. The minimum atomic E-state index is -0.486. The molecule has 0 amide bonds. The van der Waals surface area contributed by atoms with Gasteiger partial charge in [-0.15, -0.1) is 0 Å². The molecule has 2 rings (SSSR count). The lowest BCUT2D eigenvalue weighted by atomic mass is 10.0. The maximum atomic E-state index is 10.3. The first kappa shape index (κ1) is 15.4. The Balaban J connectivity index is 1.86. The molecule has 112 valence electrons. The third-order valence-electron chi connectivity index (χ3n) is 3.69. The van der Waals surface area contributed by atoms with Gasteiger partial charge in [-0.2, -0.15) is 0 Å². The highest BCUT2D eigenvalue weighted by molar-refractivity contribution is 5.24. The maximum Gasteiger partial charge on any atom is 0.0961 e. The predicted octanol–water partition coefficient (Wildman–Crippen LogP) is 1.81. The van der Waals surface area contributed by atoms with Crippen molar-refractivity contribution in [1.82, 2.24) is 5.32 Å². The van der Waals surface area contributed by atoms with Crippen LogP contribution in [0.1, 0.15) is 30.6 Å². The summed E-state index contributed by atoms with van der Waals surface area (Å²) in [5.74, 6) is 0. The summed E-state index contributed by atoms with van der Waals surface area (Å²) in [5.41, 5.74) is 2.12. The number of ether oxygens (including phenoxy) is 2. The number of rotatable bonds is 6. The quantitative estimate of drug-likeness (QED) is 0.834. The number of aryl methyl sites for hydroxylation is 1. The van der Waals surface area contributed by atoms with Crippen LogP contribution in [0.15, 0.2) is 24.3 Å². The molecule has 1 aliphatic rings. The molecule has 0 spiro atoms. The van der Waals surface area contributed by atoms with Crippen LogP contribution < -0.4 is 5.32 Å². The second-order valence-corrected chi connectivity index (χ2v) is 5.30. The fourth-order valence-corrected chi connectivity index (χ4v) is 2.58. The Morgan fingerprint density at radius 2 is 2.35 bits per heavy atom. The second-order valence-electron chi connectivity index (χ2n) is 5.30. The number of nitrogens with one attached hydrogen (secondary N) is 1. The van der Waals surface area contributed by atoms with Gasteiger partial charge in [0.25, 0.3) is 0 Å². The topological polar surface area (TPSA) is 50.7 Å². The van der Waals surface area contributed by atoms with Gasteiger partial charge in [0.1, 0.15) is 0 Å². The van der Waals surface area contributed by atoms with Gasteiger partial charge < -0.3 is 19.9 Å². The molecule has 20 heavy (non-hydrogen) atoms. The lowest BCUT2D eigenvalue weighted by Crippen LogP contribution is -2.48. The Labute approximate surface area is 121 Å². The molecule has 0 saturated carbocycles. The summed E-state index contributed by atoms with van der Waals surface area (Å²) in [6.07, 6.45) is 0.518. The van der Waals surface area contributed by atoms with E-state index in [9.17, 15) is 5.11 Å². The van der Waals surface area contributed by atoms with Gasteiger partial charge in [-0.25, -0.2) is 0 Å². The number of hydrogen-bond donors (Lipinski definition) is 2. The molecule has 3 unspecified atom stereocenters. The average molecular weight is 279 g/mol. The molecule has 3 atom stereocenters. The molecular formula is C16H25NO3. The van der Waals surface area contributed by atoms with Gasteiger partial charge in [-0.05, 0) is 25.8 Å².